The van der Waals surface area contributed by atoms with Gasteiger partial charge in [0.05, 0.1) is 24.5 Å². The quantitative estimate of drug-likeness (QED) is 0.550. The predicted molar refractivity (Wildman–Crippen MR) is 96.3 cm³/mol. The zero-order valence-corrected chi connectivity index (χ0v) is 14.3. The fourth-order valence-electron chi connectivity index (χ4n) is 2.27. The van der Waals surface area contributed by atoms with Gasteiger partial charge < -0.3 is 15.2 Å². The van der Waals surface area contributed by atoms with Gasteiger partial charge in [0, 0.05) is 17.3 Å². The van der Waals surface area contributed by atoms with Gasteiger partial charge in [-0.3, -0.25) is 10.1 Å². The van der Waals surface area contributed by atoms with Crippen molar-refractivity contribution in [2.24, 2.45) is 0 Å². The molecule has 1 aromatic heterocycles. The molecule has 1 amide bonds. The lowest BCUT2D eigenvalue weighted by atomic mass is 10.1. The highest BCUT2D eigenvalue weighted by atomic mass is 32.1. The third kappa shape index (κ3) is 3.38. The van der Waals surface area contributed by atoms with Crippen LogP contribution >= 0.6 is 11.3 Å². The number of aromatic nitrogens is 1. The summed E-state index contributed by atoms with van der Waals surface area (Å²) in [4.78, 5) is 28.1. The SMILES string of the molecule is COC(=O)c1ccc(C(=O)Nc2nc3c(OC)cc(N)cc3s2)cc1. The van der Waals surface area contributed by atoms with Crippen molar-refractivity contribution in [3.05, 3.63) is 47.5 Å². The molecule has 0 aliphatic carbocycles. The van der Waals surface area contributed by atoms with Crippen molar-refractivity contribution in [3.8, 4) is 5.75 Å². The van der Waals surface area contributed by atoms with Crippen LogP contribution in [0.5, 0.6) is 5.75 Å². The number of rotatable bonds is 4. The Morgan fingerprint density at radius 1 is 1.12 bits per heavy atom. The number of ether oxygens (including phenoxy) is 2. The first-order valence-corrected chi connectivity index (χ1v) is 8.07. The molecular formula is C17H15N3O4S. The number of fused-ring (bicyclic) bond motifs is 1. The van der Waals surface area contributed by atoms with Gasteiger partial charge in [-0.2, -0.15) is 0 Å². The maximum atomic E-state index is 12.3. The maximum Gasteiger partial charge on any atom is 0.337 e. The molecule has 1 heterocycles. The summed E-state index contributed by atoms with van der Waals surface area (Å²) in [5.41, 5.74) is 7.80. The van der Waals surface area contributed by atoms with E-state index in [9.17, 15) is 9.59 Å². The van der Waals surface area contributed by atoms with Crippen molar-refractivity contribution < 1.29 is 19.1 Å². The van der Waals surface area contributed by atoms with Gasteiger partial charge in [0.1, 0.15) is 11.3 Å². The molecule has 0 radical (unpaired) electrons. The van der Waals surface area contributed by atoms with Gasteiger partial charge in [0.25, 0.3) is 5.91 Å². The number of nitrogens with two attached hydrogens (primary N) is 1. The third-order valence-corrected chi connectivity index (χ3v) is 4.41. The molecule has 0 spiro atoms. The smallest absolute Gasteiger partial charge is 0.337 e. The number of hydrogen-bond donors (Lipinski definition) is 2. The minimum Gasteiger partial charge on any atom is -0.494 e. The minimum atomic E-state index is -0.456. The minimum absolute atomic E-state index is 0.331. The average Bonchev–Trinajstić information content (AvgIpc) is 3.02. The molecule has 3 N–H and O–H groups in total. The Bertz CT molecular complexity index is 950. The molecule has 0 fully saturated rings. The van der Waals surface area contributed by atoms with E-state index in [1.54, 1.807) is 24.3 Å². The number of thiazole rings is 1. The van der Waals surface area contributed by atoms with Gasteiger partial charge in [-0.15, -0.1) is 0 Å². The Balaban J connectivity index is 1.83. The lowest BCUT2D eigenvalue weighted by molar-refractivity contribution is 0.0600. The van der Waals surface area contributed by atoms with Crippen LogP contribution in [0.2, 0.25) is 0 Å². The molecule has 128 valence electrons. The summed E-state index contributed by atoms with van der Waals surface area (Å²) in [5.74, 6) is -0.237. The van der Waals surface area contributed by atoms with Crippen LogP contribution in [0.1, 0.15) is 20.7 Å². The number of carbonyl (C=O) groups is 2. The lowest BCUT2D eigenvalue weighted by Gasteiger charge is -2.03. The van der Waals surface area contributed by atoms with Crippen LogP contribution in [0.4, 0.5) is 10.8 Å². The molecule has 25 heavy (non-hydrogen) atoms. The summed E-state index contributed by atoms with van der Waals surface area (Å²) in [6.45, 7) is 0. The van der Waals surface area contributed by atoms with Crippen molar-refractivity contribution in [3.63, 3.8) is 0 Å². The van der Waals surface area contributed by atoms with Crippen LogP contribution in [0, 0.1) is 0 Å². The largest absolute Gasteiger partial charge is 0.494 e. The van der Waals surface area contributed by atoms with E-state index < -0.39 is 5.97 Å². The molecule has 2 aromatic carbocycles. The zero-order chi connectivity index (χ0) is 18.0. The van der Waals surface area contributed by atoms with Crippen LogP contribution in [-0.4, -0.2) is 31.1 Å². The Hall–Kier alpha value is -3.13. The molecule has 3 aromatic rings. The summed E-state index contributed by atoms with van der Waals surface area (Å²) in [7, 11) is 2.84. The second-order valence-electron chi connectivity index (χ2n) is 5.11. The fraction of sp³-hybridized carbons (Fsp3) is 0.118. The van der Waals surface area contributed by atoms with Gasteiger partial charge in [-0.05, 0) is 30.3 Å². The normalized spacial score (nSPS) is 10.5. The standard InChI is InChI=1S/C17H15N3O4S/c1-23-12-7-11(18)8-13-14(12)19-17(25-13)20-15(21)9-3-5-10(6-4-9)16(22)24-2/h3-8H,18H2,1-2H3,(H,19,20,21). The van der Waals surface area contributed by atoms with E-state index in [1.807, 2.05) is 0 Å². The highest BCUT2D eigenvalue weighted by molar-refractivity contribution is 7.22. The summed E-state index contributed by atoms with van der Waals surface area (Å²) in [6.07, 6.45) is 0. The Labute approximate surface area is 147 Å². The first-order chi connectivity index (χ1) is 12.0. The number of methoxy groups -OCH3 is 2. The maximum absolute atomic E-state index is 12.3. The first-order valence-electron chi connectivity index (χ1n) is 7.25. The van der Waals surface area contributed by atoms with E-state index in [0.717, 1.165) is 4.70 Å². The van der Waals surface area contributed by atoms with Gasteiger partial charge in [-0.25, -0.2) is 9.78 Å². The van der Waals surface area contributed by atoms with E-state index in [0.29, 0.717) is 33.2 Å². The topological polar surface area (TPSA) is 104 Å². The highest BCUT2D eigenvalue weighted by Gasteiger charge is 2.14. The molecule has 7 nitrogen and oxygen atoms in total. The summed E-state index contributed by atoms with van der Waals surface area (Å²) >= 11 is 1.30. The molecular weight excluding hydrogens is 342 g/mol. The van der Waals surface area contributed by atoms with Gasteiger partial charge in [-0.1, -0.05) is 11.3 Å². The summed E-state index contributed by atoms with van der Waals surface area (Å²) < 4.78 is 10.7. The highest BCUT2D eigenvalue weighted by Crippen LogP contribution is 2.34. The van der Waals surface area contributed by atoms with E-state index >= 15 is 0 Å². The molecule has 0 saturated heterocycles. The van der Waals surface area contributed by atoms with Crippen LogP contribution in [0.3, 0.4) is 0 Å². The molecule has 0 bridgehead atoms. The molecule has 3 rings (SSSR count). The van der Waals surface area contributed by atoms with Crippen molar-refractivity contribution in [2.75, 3.05) is 25.3 Å². The first kappa shape index (κ1) is 16.7. The zero-order valence-electron chi connectivity index (χ0n) is 13.5. The Morgan fingerprint density at radius 2 is 1.80 bits per heavy atom. The van der Waals surface area contributed by atoms with E-state index in [4.69, 9.17) is 10.5 Å². The number of esters is 1. The van der Waals surface area contributed by atoms with Crippen molar-refractivity contribution >= 4 is 44.2 Å². The van der Waals surface area contributed by atoms with Gasteiger partial charge in [0.2, 0.25) is 0 Å². The van der Waals surface area contributed by atoms with Crippen LogP contribution < -0.4 is 15.8 Å². The third-order valence-electron chi connectivity index (χ3n) is 3.49. The number of amides is 1. The molecule has 0 saturated carbocycles. The fourth-order valence-corrected chi connectivity index (χ4v) is 3.20. The van der Waals surface area contributed by atoms with Crippen molar-refractivity contribution in [2.45, 2.75) is 0 Å². The van der Waals surface area contributed by atoms with Crippen molar-refractivity contribution in [1.29, 1.82) is 0 Å². The van der Waals surface area contributed by atoms with Crippen LogP contribution in [0.25, 0.3) is 10.2 Å². The van der Waals surface area contributed by atoms with E-state index in [2.05, 4.69) is 15.0 Å². The number of nitrogens with one attached hydrogen (secondary N) is 1. The lowest BCUT2D eigenvalue weighted by Crippen LogP contribution is -2.12. The van der Waals surface area contributed by atoms with E-state index in [-0.39, 0.29) is 5.91 Å². The molecule has 0 unspecified atom stereocenters. The number of hydrogen-bond acceptors (Lipinski definition) is 7. The van der Waals surface area contributed by atoms with Crippen molar-refractivity contribution in [1.82, 2.24) is 4.98 Å². The summed E-state index contributed by atoms with van der Waals surface area (Å²) in [6, 6.07) is 9.61. The number of anilines is 2. The molecule has 0 atom stereocenters. The molecule has 8 heteroatoms. The monoisotopic (exact) mass is 357 g/mol. The number of benzene rings is 2. The van der Waals surface area contributed by atoms with E-state index in [1.165, 1.54) is 37.7 Å². The second kappa shape index (κ2) is 6.78. The molecule has 0 aliphatic heterocycles. The second-order valence-corrected chi connectivity index (χ2v) is 6.14. The average molecular weight is 357 g/mol. The molecule has 0 aliphatic rings. The van der Waals surface area contributed by atoms with Gasteiger partial charge >= 0.3 is 5.97 Å². The van der Waals surface area contributed by atoms with Crippen LogP contribution in [-0.2, 0) is 4.74 Å². The number of carbonyl (C=O) groups excluding carboxylic acids is 2. The number of nitrogens with zero attached hydrogens (tertiary/aromatic N) is 1. The Morgan fingerprint density at radius 3 is 2.44 bits per heavy atom. The summed E-state index contributed by atoms with van der Waals surface area (Å²) in [5, 5.41) is 3.17. The Kier molecular flexibility index (Phi) is 4.53. The van der Waals surface area contributed by atoms with Crippen LogP contribution in [0.15, 0.2) is 36.4 Å². The number of nitrogen functional groups attached to an aromatic ring is 1. The predicted octanol–water partition coefficient (Wildman–Crippen LogP) is 2.93. The van der Waals surface area contributed by atoms with Gasteiger partial charge in [0.15, 0.2) is 5.13 Å².